The second-order valence-electron chi connectivity index (χ2n) is 6.93. The molecule has 3 aromatic heterocycles. The first-order valence-corrected chi connectivity index (χ1v) is 9.77. The number of fused-ring (bicyclic) bond motifs is 2. The predicted molar refractivity (Wildman–Crippen MR) is 119 cm³/mol. The number of rotatable bonds is 5. The monoisotopic (exact) mass is 429 g/mol. The van der Waals surface area contributed by atoms with Gasteiger partial charge in [-0.05, 0) is 6.07 Å². The van der Waals surface area contributed by atoms with Crippen molar-refractivity contribution in [3.63, 3.8) is 0 Å². The molecule has 160 valence electrons. The molecule has 0 aliphatic heterocycles. The van der Waals surface area contributed by atoms with Gasteiger partial charge in [-0.2, -0.15) is 14.6 Å². The van der Waals surface area contributed by atoms with Crippen LogP contribution in [0.25, 0.3) is 33.6 Å². The Hall–Kier alpha value is -4.40. The van der Waals surface area contributed by atoms with Crippen molar-refractivity contribution in [2.75, 3.05) is 21.3 Å². The molecule has 0 bridgehead atoms. The highest BCUT2D eigenvalue weighted by molar-refractivity contribution is 5.93. The van der Waals surface area contributed by atoms with Crippen LogP contribution in [0.15, 0.2) is 65.8 Å². The molecule has 0 radical (unpaired) electrons. The number of pyridine rings is 1. The Morgan fingerprint density at radius 1 is 0.906 bits per heavy atom. The van der Waals surface area contributed by atoms with Crippen LogP contribution in [0, 0.1) is 0 Å². The van der Waals surface area contributed by atoms with Crippen molar-refractivity contribution < 1.29 is 14.2 Å². The summed E-state index contributed by atoms with van der Waals surface area (Å²) in [6.07, 6.45) is 3.09. The van der Waals surface area contributed by atoms with Gasteiger partial charge in [-0.3, -0.25) is 9.36 Å². The lowest BCUT2D eigenvalue weighted by atomic mass is 10.1. The van der Waals surface area contributed by atoms with Gasteiger partial charge in [0, 0.05) is 23.9 Å². The van der Waals surface area contributed by atoms with Gasteiger partial charge >= 0.3 is 0 Å². The molecule has 0 spiro atoms. The Labute approximate surface area is 182 Å². The summed E-state index contributed by atoms with van der Waals surface area (Å²) in [6, 6.07) is 14.8. The molecule has 0 aliphatic rings. The topological polar surface area (TPSA) is 92.8 Å². The molecule has 0 saturated carbocycles. The van der Waals surface area contributed by atoms with Crippen molar-refractivity contribution in [3.8, 4) is 34.2 Å². The predicted octanol–water partition coefficient (Wildman–Crippen LogP) is 3.12. The number of hydrogen-bond acceptors (Lipinski definition) is 7. The van der Waals surface area contributed by atoms with E-state index in [-0.39, 0.29) is 5.56 Å². The summed E-state index contributed by atoms with van der Waals surface area (Å²) >= 11 is 0. The molecular formula is C23H19N5O4. The van der Waals surface area contributed by atoms with E-state index in [0.29, 0.717) is 45.3 Å². The molecule has 0 atom stereocenters. The van der Waals surface area contributed by atoms with Gasteiger partial charge in [0.15, 0.2) is 11.5 Å². The number of ether oxygens (including phenoxy) is 3. The molecule has 0 aliphatic carbocycles. The van der Waals surface area contributed by atoms with Crippen LogP contribution in [-0.4, -0.2) is 45.5 Å². The van der Waals surface area contributed by atoms with E-state index in [4.69, 9.17) is 14.2 Å². The zero-order valence-electron chi connectivity index (χ0n) is 17.6. The fourth-order valence-electron chi connectivity index (χ4n) is 3.80. The normalized spacial score (nSPS) is 11.1. The molecule has 0 unspecified atom stereocenters. The summed E-state index contributed by atoms with van der Waals surface area (Å²) in [7, 11) is 4.59. The minimum atomic E-state index is -0.263. The van der Waals surface area contributed by atoms with Gasteiger partial charge in [-0.15, -0.1) is 0 Å². The van der Waals surface area contributed by atoms with Gasteiger partial charge in [0.1, 0.15) is 6.33 Å². The van der Waals surface area contributed by atoms with Gasteiger partial charge < -0.3 is 14.2 Å². The summed E-state index contributed by atoms with van der Waals surface area (Å²) < 4.78 is 19.4. The van der Waals surface area contributed by atoms with E-state index in [1.165, 1.54) is 32.2 Å². The molecule has 9 nitrogen and oxygen atoms in total. The average molecular weight is 429 g/mol. The molecule has 0 N–H and O–H groups in total. The molecular weight excluding hydrogens is 410 g/mol. The molecule has 0 fully saturated rings. The first-order valence-electron chi connectivity index (χ1n) is 9.77. The lowest BCUT2D eigenvalue weighted by Crippen LogP contribution is -2.20. The third-order valence-electron chi connectivity index (χ3n) is 5.24. The Balaban J connectivity index is 1.86. The Morgan fingerprint density at radius 2 is 1.62 bits per heavy atom. The number of benzene rings is 2. The maximum Gasteiger partial charge on any atom is 0.266 e. The first-order chi connectivity index (χ1) is 15.7. The van der Waals surface area contributed by atoms with E-state index in [1.54, 1.807) is 28.9 Å². The molecule has 32 heavy (non-hydrogen) atoms. The van der Waals surface area contributed by atoms with Crippen LogP contribution in [0.5, 0.6) is 17.2 Å². The molecule has 0 saturated heterocycles. The highest BCUT2D eigenvalue weighted by Gasteiger charge is 2.19. The highest BCUT2D eigenvalue weighted by Crippen LogP contribution is 2.39. The maximum atomic E-state index is 13.8. The number of aromatic nitrogens is 5. The molecule has 3 heterocycles. The minimum absolute atomic E-state index is 0.263. The van der Waals surface area contributed by atoms with Crippen molar-refractivity contribution in [3.05, 3.63) is 71.4 Å². The smallest absolute Gasteiger partial charge is 0.266 e. The van der Waals surface area contributed by atoms with Gasteiger partial charge in [0.2, 0.25) is 5.75 Å². The van der Waals surface area contributed by atoms with E-state index in [2.05, 4.69) is 15.1 Å². The largest absolute Gasteiger partial charge is 0.493 e. The first kappa shape index (κ1) is 19.6. The summed E-state index contributed by atoms with van der Waals surface area (Å²) in [4.78, 5) is 22.5. The van der Waals surface area contributed by atoms with Crippen molar-refractivity contribution in [1.29, 1.82) is 0 Å². The number of hydrogen-bond donors (Lipinski definition) is 0. The minimum Gasteiger partial charge on any atom is -0.493 e. The lowest BCUT2D eigenvalue weighted by molar-refractivity contribution is 0.324. The number of nitrogens with zero attached hydrogens (tertiary/aromatic N) is 5. The van der Waals surface area contributed by atoms with Gasteiger partial charge in [0.05, 0.1) is 43.6 Å². The SMILES string of the molecule is COc1cc(-n2ccc3nc4ncnn4c(-c4ccccc4)c3c2=O)cc(OC)c1OC. The summed E-state index contributed by atoms with van der Waals surface area (Å²) in [6.45, 7) is 0. The van der Waals surface area contributed by atoms with Crippen LogP contribution < -0.4 is 19.8 Å². The van der Waals surface area contributed by atoms with Crippen LogP contribution in [-0.2, 0) is 0 Å². The van der Waals surface area contributed by atoms with Crippen molar-refractivity contribution >= 4 is 16.7 Å². The molecule has 9 heteroatoms. The molecule has 5 rings (SSSR count). The van der Waals surface area contributed by atoms with Gasteiger partial charge in [-0.25, -0.2) is 4.98 Å². The van der Waals surface area contributed by atoms with Crippen molar-refractivity contribution in [2.24, 2.45) is 0 Å². The van der Waals surface area contributed by atoms with Crippen LogP contribution in [0.3, 0.4) is 0 Å². The van der Waals surface area contributed by atoms with Crippen LogP contribution in [0.1, 0.15) is 0 Å². The van der Waals surface area contributed by atoms with Crippen molar-refractivity contribution in [1.82, 2.24) is 24.1 Å². The Kier molecular flexibility index (Phi) is 4.70. The molecule has 5 aromatic rings. The van der Waals surface area contributed by atoms with E-state index in [1.807, 2.05) is 30.3 Å². The molecule has 0 amide bonds. The lowest BCUT2D eigenvalue weighted by Gasteiger charge is -2.16. The average Bonchev–Trinajstić information content (AvgIpc) is 3.30. The third kappa shape index (κ3) is 2.94. The number of methoxy groups -OCH3 is 3. The van der Waals surface area contributed by atoms with E-state index >= 15 is 0 Å². The van der Waals surface area contributed by atoms with Gasteiger partial charge in [0.25, 0.3) is 11.3 Å². The quantitative estimate of drug-likeness (QED) is 0.424. The van der Waals surface area contributed by atoms with E-state index in [0.717, 1.165) is 5.56 Å². The zero-order chi connectivity index (χ0) is 22.2. The fraction of sp³-hybridized carbons (Fsp3) is 0.130. The highest BCUT2D eigenvalue weighted by atomic mass is 16.5. The van der Waals surface area contributed by atoms with E-state index < -0.39 is 0 Å². The summed E-state index contributed by atoms with van der Waals surface area (Å²) in [5.41, 5.74) is 2.27. The maximum absolute atomic E-state index is 13.8. The fourth-order valence-corrected chi connectivity index (χ4v) is 3.80. The van der Waals surface area contributed by atoms with Crippen molar-refractivity contribution in [2.45, 2.75) is 0 Å². The van der Waals surface area contributed by atoms with Crippen LogP contribution in [0.2, 0.25) is 0 Å². The van der Waals surface area contributed by atoms with Crippen LogP contribution in [0.4, 0.5) is 0 Å². The summed E-state index contributed by atoms with van der Waals surface area (Å²) in [5, 5.41) is 4.73. The third-order valence-corrected chi connectivity index (χ3v) is 5.24. The summed E-state index contributed by atoms with van der Waals surface area (Å²) in [5.74, 6) is 1.76. The van der Waals surface area contributed by atoms with Crippen LogP contribution >= 0.6 is 0 Å². The van der Waals surface area contributed by atoms with E-state index in [9.17, 15) is 4.79 Å². The Bertz CT molecular complexity index is 1480. The zero-order valence-corrected chi connectivity index (χ0v) is 17.6. The second kappa shape index (κ2) is 7.69. The standard InChI is InChI=1S/C23H19N5O4/c1-30-17-11-15(12-18(31-2)21(17)32-3)27-10-9-16-19(22(27)29)20(14-7-5-4-6-8-14)28-23(26-16)24-13-25-28/h4-13H,1-3H3. The Morgan fingerprint density at radius 3 is 2.28 bits per heavy atom. The molecule has 2 aromatic carbocycles. The van der Waals surface area contributed by atoms with Gasteiger partial charge in [-0.1, -0.05) is 30.3 Å². The second-order valence-corrected chi connectivity index (χ2v) is 6.93.